The van der Waals surface area contributed by atoms with Crippen molar-refractivity contribution >= 4 is 48.0 Å². The Balaban J connectivity index is 1.54. The van der Waals surface area contributed by atoms with Gasteiger partial charge in [-0.2, -0.15) is 9.97 Å². The van der Waals surface area contributed by atoms with E-state index in [4.69, 9.17) is 25.6 Å². The monoisotopic (exact) mass is 472 g/mol. The SMILES string of the molecule is COP(O)OP(=O)(O)OP(O)OCC1CCC(n2cnc3c(N)nc(N)nc32)O1. The molecule has 0 radical (unpaired) electrons. The molecule has 1 saturated heterocycles. The van der Waals surface area contributed by atoms with Gasteiger partial charge < -0.3 is 39.9 Å². The van der Waals surface area contributed by atoms with Crippen LogP contribution < -0.4 is 11.5 Å². The molecule has 2 aromatic heterocycles. The summed E-state index contributed by atoms with van der Waals surface area (Å²) in [6, 6.07) is 0. The molecule has 29 heavy (non-hydrogen) atoms. The molecule has 0 aromatic carbocycles. The molecule has 162 valence electrons. The Labute approximate surface area is 166 Å². The van der Waals surface area contributed by atoms with Crippen LogP contribution in [0.1, 0.15) is 19.1 Å². The summed E-state index contributed by atoms with van der Waals surface area (Å²) in [7, 11) is -9.07. The number of nitrogens with two attached hydrogens (primary N) is 2. The lowest BCUT2D eigenvalue weighted by Crippen LogP contribution is -2.16. The first-order valence-corrected chi connectivity index (χ1v) is 11.7. The molecule has 3 heterocycles. The molecule has 0 aliphatic carbocycles. The third kappa shape index (κ3) is 5.75. The zero-order chi connectivity index (χ0) is 21.2. The van der Waals surface area contributed by atoms with Gasteiger partial charge >= 0.3 is 25.0 Å². The Bertz CT molecular complexity index is 902. The van der Waals surface area contributed by atoms with Crippen LogP contribution in [0.5, 0.6) is 0 Å². The normalized spacial score (nSPS) is 23.9. The van der Waals surface area contributed by atoms with Crippen molar-refractivity contribution in [2.75, 3.05) is 25.2 Å². The molecular weight excluding hydrogens is 453 g/mol. The first-order valence-electron chi connectivity index (χ1n) is 7.96. The lowest BCUT2D eigenvalue weighted by molar-refractivity contribution is -0.0176. The minimum absolute atomic E-state index is 0.00775. The summed E-state index contributed by atoms with van der Waals surface area (Å²) in [5.41, 5.74) is 12.2. The molecule has 0 spiro atoms. The van der Waals surface area contributed by atoms with Crippen LogP contribution >= 0.6 is 25.0 Å². The van der Waals surface area contributed by atoms with Gasteiger partial charge in [-0.3, -0.25) is 4.57 Å². The number of phosphoric acid groups is 1. The quantitative estimate of drug-likeness (QED) is 0.320. The van der Waals surface area contributed by atoms with E-state index in [1.54, 1.807) is 4.57 Å². The van der Waals surface area contributed by atoms with Gasteiger partial charge in [0.2, 0.25) is 5.95 Å². The standard InChI is InChI=1S/C11H19N6O9P3/c1-22-27(18)25-29(20,21)26-28(19)23-4-6-2-3-7(24-6)17-5-14-8-9(12)15-11(13)16-10(8)17/h5-7,18-19H,2-4H2,1H3,(H,20,21)(H4,12,13,15,16). The first kappa shape index (κ1) is 22.6. The highest BCUT2D eigenvalue weighted by Gasteiger charge is 2.34. The van der Waals surface area contributed by atoms with Gasteiger partial charge in [0.05, 0.1) is 19.0 Å². The third-order valence-electron chi connectivity index (χ3n) is 3.73. The Morgan fingerprint density at radius 1 is 1.31 bits per heavy atom. The van der Waals surface area contributed by atoms with E-state index in [2.05, 4.69) is 28.1 Å². The Morgan fingerprint density at radius 3 is 2.76 bits per heavy atom. The first-order chi connectivity index (χ1) is 13.7. The minimum atomic E-state index is -4.75. The maximum Gasteiger partial charge on any atom is 0.485 e. The molecule has 3 rings (SSSR count). The molecule has 18 heteroatoms. The second-order valence-electron chi connectivity index (χ2n) is 5.67. The Hall–Kier alpha value is -1.08. The molecule has 0 saturated carbocycles. The second kappa shape index (κ2) is 9.38. The van der Waals surface area contributed by atoms with Gasteiger partial charge in [0.25, 0.3) is 0 Å². The number of hydrogen-bond acceptors (Lipinski definition) is 13. The highest BCUT2D eigenvalue weighted by Crippen LogP contribution is 2.62. The average molecular weight is 472 g/mol. The number of fused-ring (bicyclic) bond motifs is 1. The maximum absolute atomic E-state index is 11.6. The molecular formula is C11H19N6O9P3. The summed E-state index contributed by atoms with van der Waals surface area (Å²) in [6.45, 7) is -0.122. The number of nitrogens with zero attached hydrogens (tertiary/aromatic N) is 4. The molecule has 0 amide bonds. The summed E-state index contributed by atoms with van der Waals surface area (Å²) < 4.78 is 37.1. The summed E-state index contributed by atoms with van der Waals surface area (Å²) in [5, 5.41) is 0. The van der Waals surface area contributed by atoms with Crippen molar-refractivity contribution in [3.05, 3.63) is 6.33 Å². The van der Waals surface area contributed by atoms with Crippen LogP contribution in [0.15, 0.2) is 6.33 Å². The van der Waals surface area contributed by atoms with Crippen molar-refractivity contribution in [2.45, 2.75) is 25.2 Å². The molecule has 7 N–H and O–H groups in total. The molecule has 15 nitrogen and oxygen atoms in total. The molecule has 1 aliphatic heterocycles. The van der Waals surface area contributed by atoms with E-state index in [9.17, 15) is 14.4 Å². The highest BCUT2D eigenvalue weighted by molar-refractivity contribution is 7.63. The van der Waals surface area contributed by atoms with Gasteiger partial charge in [-0.15, -0.1) is 0 Å². The van der Waals surface area contributed by atoms with Gasteiger partial charge in [-0.1, -0.05) is 0 Å². The van der Waals surface area contributed by atoms with E-state index in [0.29, 0.717) is 24.0 Å². The third-order valence-corrected chi connectivity index (χ3v) is 7.18. The van der Waals surface area contributed by atoms with Crippen molar-refractivity contribution in [3.8, 4) is 0 Å². The molecule has 5 atom stereocenters. The van der Waals surface area contributed by atoms with Crippen LogP contribution in [0.3, 0.4) is 0 Å². The van der Waals surface area contributed by atoms with Crippen LogP contribution in [0.2, 0.25) is 0 Å². The Morgan fingerprint density at radius 2 is 2.03 bits per heavy atom. The molecule has 1 fully saturated rings. The fourth-order valence-electron chi connectivity index (χ4n) is 2.58. The fraction of sp³-hybridized carbons (Fsp3) is 0.545. The number of imidazole rings is 1. The molecule has 5 unspecified atom stereocenters. The molecule has 1 aliphatic rings. The van der Waals surface area contributed by atoms with Crippen LogP contribution in [0.25, 0.3) is 11.2 Å². The van der Waals surface area contributed by atoms with Gasteiger partial charge in [0.15, 0.2) is 11.5 Å². The lowest BCUT2D eigenvalue weighted by atomic mass is 10.2. The summed E-state index contributed by atoms with van der Waals surface area (Å²) >= 11 is 0. The second-order valence-corrected chi connectivity index (χ2v) is 9.49. The summed E-state index contributed by atoms with van der Waals surface area (Å²) in [6.07, 6.45) is 1.77. The Kier molecular flexibility index (Phi) is 7.31. The predicted octanol–water partition coefficient (Wildman–Crippen LogP) is 0.903. The van der Waals surface area contributed by atoms with E-state index in [-0.39, 0.29) is 18.4 Å². The molecule has 0 bridgehead atoms. The van der Waals surface area contributed by atoms with Crippen LogP contribution in [-0.2, 0) is 27.0 Å². The summed E-state index contributed by atoms with van der Waals surface area (Å²) in [4.78, 5) is 40.3. The zero-order valence-electron chi connectivity index (χ0n) is 14.9. The zero-order valence-corrected chi connectivity index (χ0v) is 17.6. The number of aromatic nitrogens is 4. The van der Waals surface area contributed by atoms with E-state index < -0.39 is 37.4 Å². The van der Waals surface area contributed by atoms with Crippen molar-refractivity contribution in [1.29, 1.82) is 0 Å². The number of anilines is 2. The summed E-state index contributed by atoms with van der Waals surface area (Å²) in [5.74, 6) is 0.163. The van der Waals surface area contributed by atoms with E-state index in [0.717, 1.165) is 7.11 Å². The van der Waals surface area contributed by atoms with Gasteiger partial charge in [0, 0.05) is 7.11 Å². The van der Waals surface area contributed by atoms with Gasteiger partial charge in [0.1, 0.15) is 11.7 Å². The number of ether oxygens (including phenoxy) is 1. The molecule has 2 aromatic rings. The van der Waals surface area contributed by atoms with E-state index in [1.807, 2.05) is 0 Å². The van der Waals surface area contributed by atoms with Crippen molar-refractivity contribution < 1.29 is 41.7 Å². The topological polar surface area (TPSA) is 220 Å². The number of nitrogen functional groups attached to an aromatic ring is 2. The van der Waals surface area contributed by atoms with Crippen molar-refractivity contribution in [3.63, 3.8) is 0 Å². The van der Waals surface area contributed by atoms with Crippen LogP contribution in [-0.4, -0.2) is 54.0 Å². The van der Waals surface area contributed by atoms with Crippen LogP contribution in [0, 0.1) is 0 Å². The lowest BCUT2D eigenvalue weighted by Gasteiger charge is -2.18. The van der Waals surface area contributed by atoms with Crippen molar-refractivity contribution in [1.82, 2.24) is 19.5 Å². The maximum atomic E-state index is 11.6. The van der Waals surface area contributed by atoms with E-state index in [1.165, 1.54) is 6.33 Å². The van der Waals surface area contributed by atoms with Gasteiger partial charge in [-0.25, -0.2) is 18.2 Å². The van der Waals surface area contributed by atoms with Gasteiger partial charge in [-0.05, 0) is 12.8 Å². The van der Waals surface area contributed by atoms with Crippen LogP contribution in [0.4, 0.5) is 11.8 Å². The van der Waals surface area contributed by atoms with E-state index >= 15 is 0 Å². The smallest absolute Gasteiger partial charge is 0.382 e. The van der Waals surface area contributed by atoms with Crippen molar-refractivity contribution in [2.24, 2.45) is 0 Å². The minimum Gasteiger partial charge on any atom is -0.382 e. The number of rotatable bonds is 9. The fourth-order valence-corrected chi connectivity index (χ4v) is 5.12. The average Bonchev–Trinajstić information content (AvgIpc) is 3.25. The number of hydrogen-bond donors (Lipinski definition) is 5. The predicted molar refractivity (Wildman–Crippen MR) is 101 cm³/mol. The highest BCUT2D eigenvalue weighted by atomic mass is 31.3. The largest absolute Gasteiger partial charge is 0.485 e.